The Hall–Kier alpha value is -0.944. The molecule has 9 heteroatoms. The first-order valence-electron chi connectivity index (χ1n) is 7.15. The molecule has 0 aliphatic rings. The maximum atomic E-state index is 11.8. The smallest absolute Gasteiger partial charge is 0.410 e. The molecule has 0 bridgehead atoms. The van der Waals surface area contributed by atoms with E-state index >= 15 is 0 Å². The second kappa shape index (κ2) is 9.13. The molecule has 2 aromatic heterocycles. The van der Waals surface area contributed by atoms with Gasteiger partial charge in [-0.2, -0.15) is 5.10 Å². The van der Waals surface area contributed by atoms with Crippen molar-refractivity contribution in [3.05, 3.63) is 48.4 Å². The molecular formula is C16H14KN5OS2. The van der Waals surface area contributed by atoms with Crippen LogP contribution in [0.4, 0.5) is 0 Å². The van der Waals surface area contributed by atoms with E-state index < -0.39 is 0 Å². The van der Waals surface area contributed by atoms with Gasteiger partial charge in [0.25, 0.3) is 0 Å². The summed E-state index contributed by atoms with van der Waals surface area (Å²) in [4.78, 5) is 16.3. The van der Waals surface area contributed by atoms with E-state index in [-0.39, 0.29) is 68.0 Å². The minimum Gasteiger partial charge on any atom is -0.410 e. The Morgan fingerprint density at radius 2 is 2.04 bits per heavy atom. The fraction of sp³-hybridized carbons (Fsp3) is 0.125. The zero-order valence-corrected chi connectivity index (χ0v) is 18.6. The van der Waals surface area contributed by atoms with Crippen molar-refractivity contribution in [1.29, 1.82) is 0 Å². The quantitative estimate of drug-likeness (QED) is 0.247. The van der Waals surface area contributed by atoms with Crippen molar-refractivity contribution >= 4 is 46.0 Å². The summed E-state index contributed by atoms with van der Waals surface area (Å²) in [6.45, 7) is 0. The number of pyridine rings is 1. The topological polar surface area (TPSA) is 71.8 Å². The average molecular weight is 396 g/mol. The predicted octanol–water partition coefficient (Wildman–Crippen LogP) is -1.37. The Morgan fingerprint density at radius 3 is 2.72 bits per heavy atom. The van der Waals surface area contributed by atoms with Crippen LogP contribution in [-0.2, 0) is 30.9 Å². The molecule has 0 atom stereocenters. The Kier molecular flexibility index (Phi) is 7.44. The maximum Gasteiger partial charge on any atom is 1.00 e. The number of nitrogens with zero attached hydrogens (tertiary/aromatic N) is 3. The van der Waals surface area contributed by atoms with E-state index in [0.717, 1.165) is 27.6 Å². The predicted molar refractivity (Wildman–Crippen MR) is 98.9 cm³/mol. The van der Waals surface area contributed by atoms with Crippen molar-refractivity contribution in [3.8, 4) is 11.1 Å². The maximum absolute atomic E-state index is 11.8. The Labute approximate surface area is 198 Å². The number of benzene rings is 1. The Morgan fingerprint density at radius 1 is 1.24 bits per heavy atom. The van der Waals surface area contributed by atoms with Crippen molar-refractivity contribution in [2.75, 3.05) is 0 Å². The van der Waals surface area contributed by atoms with Crippen molar-refractivity contribution in [2.45, 2.75) is 6.42 Å². The molecule has 0 radical (unpaired) electrons. The Bertz CT molecular complexity index is 928. The molecule has 2 N–H and O–H groups in total. The molecule has 2 heterocycles. The van der Waals surface area contributed by atoms with Crippen molar-refractivity contribution in [2.24, 2.45) is 7.05 Å². The van der Waals surface area contributed by atoms with Gasteiger partial charge in [-0.1, -0.05) is 6.07 Å². The second-order valence-corrected chi connectivity index (χ2v) is 6.37. The number of rotatable bonds is 3. The molecular weight excluding hydrogens is 381 g/mol. The largest absolute Gasteiger partial charge is 1.00 e. The fourth-order valence-electron chi connectivity index (χ4n) is 2.37. The number of hydrogen-bond donors (Lipinski definition) is 2. The van der Waals surface area contributed by atoms with E-state index in [1.54, 1.807) is 10.9 Å². The molecule has 122 valence electrons. The molecule has 25 heavy (non-hydrogen) atoms. The molecule has 0 aliphatic heterocycles. The third-order valence-electron chi connectivity index (χ3n) is 3.45. The van der Waals surface area contributed by atoms with Gasteiger partial charge < -0.3 is 30.3 Å². The van der Waals surface area contributed by atoms with Crippen LogP contribution in [0.1, 0.15) is 5.56 Å². The van der Waals surface area contributed by atoms with E-state index in [1.807, 2.05) is 43.7 Å². The number of thiocarbonyl (C=S) groups is 1. The summed E-state index contributed by atoms with van der Waals surface area (Å²) < 4.78 is 1.85. The van der Waals surface area contributed by atoms with E-state index in [0.29, 0.717) is 0 Å². The summed E-state index contributed by atoms with van der Waals surface area (Å²) in [6.07, 6.45) is 5.77. The first-order chi connectivity index (χ1) is 11.5. The zero-order valence-electron chi connectivity index (χ0n) is 13.8. The molecule has 0 spiro atoms. The summed E-state index contributed by atoms with van der Waals surface area (Å²) in [5.74, 6) is -0.210. The van der Waals surface area contributed by atoms with Gasteiger partial charge in [0.15, 0.2) is 0 Å². The second-order valence-electron chi connectivity index (χ2n) is 5.29. The third kappa shape index (κ3) is 5.51. The number of amides is 1. The van der Waals surface area contributed by atoms with Gasteiger partial charge in [0, 0.05) is 36.0 Å². The molecule has 0 aliphatic carbocycles. The SMILES string of the molecule is Cn1cc(-c2cnc3ccc(CC(=O)NNC(=S)[S-])cc3c2)cn1.[K+]. The van der Waals surface area contributed by atoms with Crippen LogP contribution in [0.3, 0.4) is 0 Å². The summed E-state index contributed by atoms with van der Waals surface area (Å²) in [5.41, 5.74) is 8.65. The van der Waals surface area contributed by atoms with Crippen LogP contribution in [-0.4, -0.2) is 25.0 Å². The van der Waals surface area contributed by atoms with Crippen LogP contribution in [0.5, 0.6) is 0 Å². The van der Waals surface area contributed by atoms with Gasteiger partial charge in [0.2, 0.25) is 5.91 Å². The normalized spacial score (nSPS) is 10.1. The Balaban J connectivity index is 0.00000225. The van der Waals surface area contributed by atoms with Crippen LogP contribution >= 0.6 is 12.2 Å². The average Bonchev–Trinajstić information content (AvgIpc) is 2.99. The van der Waals surface area contributed by atoms with Crippen LogP contribution in [0.15, 0.2) is 42.9 Å². The molecule has 0 saturated heterocycles. The summed E-state index contributed by atoms with van der Waals surface area (Å²) in [5, 5.41) is 5.14. The summed E-state index contributed by atoms with van der Waals surface area (Å²) >= 11 is 9.36. The van der Waals surface area contributed by atoms with E-state index in [4.69, 9.17) is 0 Å². The number of aromatic nitrogens is 3. The van der Waals surface area contributed by atoms with Crippen molar-refractivity contribution < 1.29 is 56.2 Å². The van der Waals surface area contributed by atoms with Crippen LogP contribution in [0, 0.1) is 0 Å². The molecule has 0 saturated carbocycles. The molecule has 3 aromatic rings. The molecule has 1 amide bonds. The van der Waals surface area contributed by atoms with Crippen molar-refractivity contribution in [1.82, 2.24) is 25.6 Å². The van der Waals surface area contributed by atoms with E-state index in [2.05, 4.69) is 45.8 Å². The number of hydrogen-bond acceptors (Lipinski definition) is 5. The molecule has 3 rings (SSSR count). The number of fused-ring (bicyclic) bond motifs is 1. The molecule has 0 unspecified atom stereocenters. The van der Waals surface area contributed by atoms with Crippen LogP contribution in [0.2, 0.25) is 0 Å². The van der Waals surface area contributed by atoms with Crippen molar-refractivity contribution in [3.63, 3.8) is 0 Å². The van der Waals surface area contributed by atoms with E-state index in [1.165, 1.54) is 0 Å². The van der Waals surface area contributed by atoms with Gasteiger partial charge in [0.1, 0.15) is 0 Å². The van der Waals surface area contributed by atoms with Gasteiger partial charge in [-0.05, 0) is 28.1 Å². The van der Waals surface area contributed by atoms with Crippen LogP contribution < -0.4 is 62.2 Å². The summed E-state index contributed by atoms with van der Waals surface area (Å²) in [6, 6.07) is 7.77. The molecule has 0 fully saturated rings. The molecule has 1 aromatic carbocycles. The molecule has 6 nitrogen and oxygen atoms in total. The van der Waals surface area contributed by atoms with Gasteiger partial charge in [0.05, 0.1) is 18.1 Å². The minimum absolute atomic E-state index is 0. The number of hydrazine groups is 1. The first kappa shape index (κ1) is 20.4. The van der Waals surface area contributed by atoms with Gasteiger partial charge in [-0.3, -0.25) is 19.9 Å². The van der Waals surface area contributed by atoms with Gasteiger partial charge >= 0.3 is 51.4 Å². The van der Waals surface area contributed by atoms with Gasteiger partial charge in [-0.25, -0.2) is 0 Å². The minimum atomic E-state index is -0.210. The monoisotopic (exact) mass is 395 g/mol. The van der Waals surface area contributed by atoms with Crippen LogP contribution in [0.25, 0.3) is 22.0 Å². The van der Waals surface area contributed by atoms with Gasteiger partial charge in [-0.15, -0.1) is 0 Å². The third-order valence-corrected chi connectivity index (χ3v) is 3.66. The first-order valence-corrected chi connectivity index (χ1v) is 7.96. The number of aryl methyl sites for hydroxylation is 1. The number of carbonyl (C=O) groups excluding carboxylic acids is 1. The number of nitrogens with one attached hydrogen (secondary N) is 2. The standard InChI is InChI=1S/C16H15N5OS2.K/c1-21-9-13(8-18-21)12-6-11-4-10(2-3-14(11)17-7-12)5-15(22)19-20-16(23)24;/h2-4,6-9H,5H2,1H3,(H,19,22)(H2,20,23,24);/q;+1/p-1. The summed E-state index contributed by atoms with van der Waals surface area (Å²) in [7, 11) is 1.87. The zero-order chi connectivity index (χ0) is 17.1. The fourth-order valence-corrected chi connectivity index (χ4v) is 2.47. The number of carbonyl (C=O) groups is 1. The van der Waals surface area contributed by atoms with E-state index in [9.17, 15) is 4.79 Å².